The van der Waals surface area contributed by atoms with E-state index >= 15 is 0 Å². The molecule has 1 aromatic carbocycles. The van der Waals surface area contributed by atoms with Crippen LogP contribution in [-0.2, 0) is 20.1 Å². The number of likely N-dealkylation sites (N-methyl/N-ethyl adjacent to an activating group) is 1. The Morgan fingerprint density at radius 1 is 1.26 bits per heavy atom. The van der Waals surface area contributed by atoms with Gasteiger partial charge in [0.2, 0.25) is 5.88 Å². The predicted octanol–water partition coefficient (Wildman–Crippen LogP) is 3.23. The average Bonchev–Trinajstić information content (AvgIpc) is 3.42. The Morgan fingerprint density at radius 2 is 2.09 bits per heavy atom. The highest BCUT2D eigenvalue weighted by molar-refractivity contribution is 5.93. The second-order valence-corrected chi connectivity index (χ2v) is 9.29. The maximum atomic E-state index is 9.95. The normalized spacial score (nSPS) is 17.8. The number of rotatable bonds is 2. The van der Waals surface area contributed by atoms with E-state index in [0.717, 1.165) is 57.1 Å². The van der Waals surface area contributed by atoms with Gasteiger partial charge in [-0.15, -0.1) is 0 Å². The smallest absolute Gasteiger partial charge is 0.219 e. The van der Waals surface area contributed by atoms with Crippen molar-refractivity contribution < 1.29 is 9.84 Å². The molecule has 4 aromatic rings. The molecule has 0 spiro atoms. The Labute approximate surface area is 198 Å². The van der Waals surface area contributed by atoms with Gasteiger partial charge in [0, 0.05) is 36.8 Å². The molecule has 4 heterocycles. The molecule has 0 saturated carbocycles. The molecule has 178 valence electrons. The summed E-state index contributed by atoms with van der Waals surface area (Å²) < 4.78 is 10.1. The van der Waals surface area contributed by atoms with E-state index in [1.54, 1.807) is 11.6 Å². The van der Waals surface area contributed by atoms with Crippen molar-refractivity contribution >= 4 is 23.1 Å². The van der Waals surface area contributed by atoms with Gasteiger partial charge in [0.05, 0.1) is 41.3 Å². The predicted molar refractivity (Wildman–Crippen MR) is 132 cm³/mol. The molecular weight excluding hydrogens is 430 g/mol. The van der Waals surface area contributed by atoms with Gasteiger partial charge in [-0.25, -0.2) is 4.68 Å². The standard InChI is InChI=1S/C25H31N7O2/c1-15(33)12-32-17(3)19-7-9-23-20-10-18(6-8-22(20)27-28-23)21-11-26-31(5)25(21)34-16(2)13-30(4)14-24(19)29-32/h6-11,15-16,33H,12-14H2,1-5H3,(H,27,28)/t15-,16-/m0/s1. The zero-order valence-corrected chi connectivity index (χ0v) is 20.3. The number of aliphatic hydroxyl groups is 1. The maximum absolute atomic E-state index is 9.95. The minimum Gasteiger partial charge on any atom is -0.473 e. The zero-order chi connectivity index (χ0) is 24.0. The number of hydrogen-bond donors (Lipinski definition) is 2. The molecule has 0 unspecified atom stereocenters. The van der Waals surface area contributed by atoms with Crippen LogP contribution in [0, 0.1) is 6.92 Å². The van der Waals surface area contributed by atoms with Crippen LogP contribution in [-0.4, -0.2) is 65.6 Å². The summed E-state index contributed by atoms with van der Waals surface area (Å²) >= 11 is 0. The van der Waals surface area contributed by atoms with Gasteiger partial charge in [-0.05, 0) is 57.7 Å². The first-order chi connectivity index (χ1) is 16.3. The van der Waals surface area contributed by atoms with Crippen LogP contribution in [0.3, 0.4) is 0 Å². The number of aryl methyl sites for hydroxylation is 1. The number of aliphatic hydroxyl groups excluding tert-OH is 1. The van der Waals surface area contributed by atoms with Crippen molar-refractivity contribution in [3.63, 3.8) is 0 Å². The average molecular weight is 462 g/mol. The summed E-state index contributed by atoms with van der Waals surface area (Å²) in [6.07, 6.45) is 5.47. The van der Waals surface area contributed by atoms with Crippen molar-refractivity contribution in [3.8, 4) is 17.0 Å². The summed E-state index contributed by atoms with van der Waals surface area (Å²) in [5.41, 5.74) is 6.86. The SMILES string of the molecule is Cc1c2c(nn1C[C@H](C)O)CN(C)C[C@H](C)Oc1c(cnn1C)-c1ccc3n[nH]c(c3c1)C=C2. The molecule has 9 heteroatoms. The van der Waals surface area contributed by atoms with E-state index in [-0.39, 0.29) is 6.10 Å². The number of hydrogen-bond acceptors (Lipinski definition) is 6. The molecular formula is C25H31N7O2. The monoisotopic (exact) mass is 461 g/mol. The van der Waals surface area contributed by atoms with E-state index < -0.39 is 6.10 Å². The molecule has 0 fully saturated rings. The minimum atomic E-state index is -0.477. The summed E-state index contributed by atoms with van der Waals surface area (Å²) in [5, 5.41) is 27.9. The fourth-order valence-electron chi connectivity index (χ4n) is 4.63. The van der Waals surface area contributed by atoms with Crippen molar-refractivity contribution in [2.45, 2.75) is 46.1 Å². The van der Waals surface area contributed by atoms with Crippen LogP contribution >= 0.6 is 0 Å². The van der Waals surface area contributed by atoms with E-state index in [9.17, 15) is 5.11 Å². The highest BCUT2D eigenvalue weighted by Crippen LogP contribution is 2.33. The molecule has 3 aromatic heterocycles. The molecule has 2 bridgehead atoms. The molecule has 34 heavy (non-hydrogen) atoms. The molecule has 0 saturated heterocycles. The van der Waals surface area contributed by atoms with Crippen LogP contribution in [0.15, 0.2) is 24.4 Å². The van der Waals surface area contributed by atoms with Crippen LogP contribution in [0.25, 0.3) is 34.2 Å². The van der Waals surface area contributed by atoms with Crippen molar-refractivity contribution in [1.82, 2.24) is 34.7 Å². The van der Waals surface area contributed by atoms with Crippen LogP contribution < -0.4 is 4.74 Å². The van der Waals surface area contributed by atoms with E-state index in [4.69, 9.17) is 9.84 Å². The molecule has 0 aliphatic carbocycles. The van der Waals surface area contributed by atoms with Gasteiger partial charge in [0.1, 0.15) is 6.10 Å². The molecule has 1 aliphatic heterocycles. The highest BCUT2D eigenvalue weighted by Gasteiger charge is 2.20. The molecule has 2 atom stereocenters. The van der Waals surface area contributed by atoms with Crippen molar-refractivity contribution in [1.29, 1.82) is 0 Å². The number of H-pyrrole nitrogens is 1. The number of aromatic nitrogens is 6. The first kappa shape index (κ1) is 22.4. The molecule has 0 amide bonds. The number of nitrogens with zero attached hydrogens (tertiary/aromatic N) is 6. The van der Waals surface area contributed by atoms with Gasteiger partial charge in [-0.3, -0.25) is 14.7 Å². The van der Waals surface area contributed by atoms with Crippen LogP contribution in [0.4, 0.5) is 0 Å². The quantitative estimate of drug-likeness (QED) is 0.476. The number of aromatic amines is 1. The fourth-order valence-corrected chi connectivity index (χ4v) is 4.63. The van der Waals surface area contributed by atoms with Crippen molar-refractivity contribution in [2.75, 3.05) is 13.6 Å². The molecule has 0 radical (unpaired) electrons. The van der Waals surface area contributed by atoms with E-state index in [1.165, 1.54) is 0 Å². The second-order valence-electron chi connectivity index (χ2n) is 9.29. The third-order valence-corrected chi connectivity index (χ3v) is 6.26. The lowest BCUT2D eigenvalue weighted by molar-refractivity contribution is 0.147. The first-order valence-corrected chi connectivity index (χ1v) is 11.6. The lowest BCUT2D eigenvalue weighted by Crippen LogP contribution is -2.31. The third-order valence-electron chi connectivity index (χ3n) is 6.26. The topological polar surface area (TPSA) is 97.0 Å². The Hall–Kier alpha value is -3.43. The first-order valence-electron chi connectivity index (χ1n) is 11.6. The Bertz CT molecular complexity index is 1360. The Morgan fingerprint density at radius 3 is 2.88 bits per heavy atom. The van der Waals surface area contributed by atoms with Gasteiger partial charge in [-0.1, -0.05) is 6.07 Å². The number of fused-ring (bicyclic) bond motifs is 4. The summed E-state index contributed by atoms with van der Waals surface area (Å²) in [4.78, 5) is 2.21. The summed E-state index contributed by atoms with van der Waals surface area (Å²) in [5.74, 6) is 0.744. The van der Waals surface area contributed by atoms with Gasteiger partial charge < -0.3 is 9.84 Å². The fraction of sp³-hybridized carbons (Fsp3) is 0.400. The van der Waals surface area contributed by atoms with Crippen LogP contribution in [0.5, 0.6) is 5.88 Å². The van der Waals surface area contributed by atoms with E-state index in [1.807, 2.05) is 30.9 Å². The summed E-state index contributed by atoms with van der Waals surface area (Å²) in [6, 6.07) is 6.20. The Kier molecular flexibility index (Phi) is 5.75. The molecule has 2 N–H and O–H groups in total. The van der Waals surface area contributed by atoms with Crippen molar-refractivity contribution in [3.05, 3.63) is 47.0 Å². The van der Waals surface area contributed by atoms with Gasteiger partial charge in [-0.2, -0.15) is 15.3 Å². The number of nitrogens with one attached hydrogen (secondary N) is 1. The van der Waals surface area contributed by atoms with E-state index in [0.29, 0.717) is 13.1 Å². The largest absolute Gasteiger partial charge is 0.473 e. The van der Waals surface area contributed by atoms with E-state index in [2.05, 4.69) is 58.5 Å². The molecule has 5 rings (SSSR count). The summed E-state index contributed by atoms with van der Waals surface area (Å²) in [7, 11) is 3.97. The number of ether oxygens (including phenoxy) is 1. The second kappa shape index (κ2) is 8.73. The van der Waals surface area contributed by atoms with Gasteiger partial charge in [0.15, 0.2) is 0 Å². The van der Waals surface area contributed by atoms with Crippen molar-refractivity contribution in [2.24, 2.45) is 7.05 Å². The number of benzene rings is 1. The lowest BCUT2D eigenvalue weighted by Gasteiger charge is -2.22. The lowest BCUT2D eigenvalue weighted by atomic mass is 10.0. The van der Waals surface area contributed by atoms with Gasteiger partial charge >= 0.3 is 0 Å². The molecule has 1 aliphatic rings. The minimum absolute atomic E-state index is 0.0582. The maximum Gasteiger partial charge on any atom is 0.219 e. The zero-order valence-electron chi connectivity index (χ0n) is 20.3. The van der Waals surface area contributed by atoms with Crippen LogP contribution in [0.2, 0.25) is 0 Å². The van der Waals surface area contributed by atoms with Crippen LogP contribution in [0.1, 0.15) is 36.5 Å². The Balaban J connectivity index is 1.66. The highest BCUT2D eigenvalue weighted by atomic mass is 16.5. The summed E-state index contributed by atoms with van der Waals surface area (Å²) in [6.45, 7) is 7.73. The molecule has 9 nitrogen and oxygen atoms in total. The third kappa shape index (κ3) is 4.12. The van der Waals surface area contributed by atoms with Gasteiger partial charge in [0.25, 0.3) is 0 Å².